The molecule has 1 spiro atoms. The van der Waals surface area contributed by atoms with Crippen LogP contribution in [0.2, 0.25) is 0 Å². The monoisotopic (exact) mass is 274 g/mol. The third-order valence-electron chi connectivity index (χ3n) is 6.00. The molecule has 104 valence electrons. The normalized spacial score (nSPS) is 32.0. The minimum atomic E-state index is 0.211. The predicted molar refractivity (Wildman–Crippen MR) is 86.1 cm³/mol. The van der Waals surface area contributed by atoms with Crippen LogP contribution < -0.4 is 0 Å². The van der Waals surface area contributed by atoms with Gasteiger partial charge in [0.2, 0.25) is 5.69 Å². The zero-order valence-electron chi connectivity index (χ0n) is 12.5. The Morgan fingerprint density at radius 2 is 1.48 bits per heavy atom. The molecule has 0 N–H and O–H groups in total. The Balaban J connectivity index is 1.92. The van der Waals surface area contributed by atoms with Crippen LogP contribution in [0, 0.1) is 5.41 Å². The third-order valence-corrected chi connectivity index (χ3v) is 6.00. The molecule has 0 amide bonds. The van der Waals surface area contributed by atoms with E-state index in [1.54, 1.807) is 5.56 Å². The summed E-state index contributed by atoms with van der Waals surface area (Å²) in [6.07, 6.45) is 7.74. The molecule has 0 atom stereocenters. The van der Waals surface area contributed by atoms with Crippen LogP contribution in [0.15, 0.2) is 48.5 Å². The minimum absolute atomic E-state index is 0.211. The fraction of sp³-hybridized carbons (Fsp3) is 0.350. The minimum Gasteiger partial charge on any atom is -0.192 e. The summed E-state index contributed by atoms with van der Waals surface area (Å²) >= 11 is 0. The lowest BCUT2D eigenvalue weighted by Gasteiger charge is -2.48. The first-order valence-electron chi connectivity index (χ1n) is 8.06. The van der Waals surface area contributed by atoms with Crippen LogP contribution in [0.3, 0.4) is 0 Å². The second kappa shape index (κ2) is 3.65. The molecule has 21 heavy (non-hydrogen) atoms. The van der Waals surface area contributed by atoms with E-state index in [-0.39, 0.29) is 5.54 Å². The topological polar surface area (TPSA) is 3.01 Å². The van der Waals surface area contributed by atoms with Gasteiger partial charge in [-0.1, -0.05) is 43.3 Å². The van der Waals surface area contributed by atoms with Crippen molar-refractivity contribution in [3.8, 4) is 11.1 Å². The largest absolute Gasteiger partial charge is 0.213 e. The Kier molecular flexibility index (Phi) is 2.04. The summed E-state index contributed by atoms with van der Waals surface area (Å²) in [6, 6.07) is 18.0. The van der Waals surface area contributed by atoms with E-state index in [0.29, 0.717) is 5.41 Å². The summed E-state index contributed by atoms with van der Waals surface area (Å²) in [5.41, 5.74) is 6.39. The average molecular weight is 274 g/mol. The first-order chi connectivity index (χ1) is 10.2. The van der Waals surface area contributed by atoms with Gasteiger partial charge in [-0.3, -0.25) is 0 Å². The van der Waals surface area contributed by atoms with Gasteiger partial charge in [0.1, 0.15) is 0 Å². The molecule has 1 aliphatic carbocycles. The van der Waals surface area contributed by atoms with Crippen molar-refractivity contribution in [3.63, 3.8) is 0 Å². The van der Waals surface area contributed by atoms with Crippen molar-refractivity contribution in [2.24, 2.45) is 5.41 Å². The van der Waals surface area contributed by atoms with Crippen molar-refractivity contribution in [3.05, 3.63) is 54.1 Å². The number of nitrogens with zero attached hydrogens (tertiary/aromatic N) is 1. The van der Waals surface area contributed by atoms with E-state index < -0.39 is 0 Å². The van der Waals surface area contributed by atoms with Crippen molar-refractivity contribution in [1.29, 1.82) is 0 Å². The molecule has 3 aliphatic heterocycles. The summed E-state index contributed by atoms with van der Waals surface area (Å²) in [5.74, 6) is 0. The van der Waals surface area contributed by atoms with Crippen molar-refractivity contribution in [2.45, 2.75) is 38.1 Å². The van der Waals surface area contributed by atoms with Gasteiger partial charge < -0.3 is 0 Å². The highest BCUT2D eigenvalue weighted by Gasteiger charge is 2.58. The summed E-state index contributed by atoms with van der Waals surface area (Å²) in [5, 5.41) is 0. The van der Waals surface area contributed by atoms with Gasteiger partial charge in [-0.25, -0.2) is 0 Å². The van der Waals surface area contributed by atoms with E-state index in [1.807, 2.05) is 0 Å². The van der Waals surface area contributed by atoms with E-state index in [2.05, 4.69) is 66.2 Å². The fourth-order valence-corrected chi connectivity index (χ4v) is 4.77. The van der Waals surface area contributed by atoms with Gasteiger partial charge >= 0.3 is 0 Å². The van der Waals surface area contributed by atoms with Crippen LogP contribution in [-0.2, 0) is 5.54 Å². The van der Waals surface area contributed by atoms with Crippen LogP contribution in [0.5, 0.6) is 0 Å². The maximum absolute atomic E-state index is 2.62. The van der Waals surface area contributed by atoms with Crippen LogP contribution >= 0.6 is 0 Å². The van der Waals surface area contributed by atoms with E-state index in [0.717, 1.165) is 0 Å². The molecule has 0 unspecified atom stereocenters. The zero-order chi connectivity index (χ0) is 14.1. The van der Waals surface area contributed by atoms with Gasteiger partial charge in [0, 0.05) is 29.9 Å². The van der Waals surface area contributed by atoms with E-state index in [1.165, 1.54) is 42.5 Å². The van der Waals surface area contributed by atoms with Crippen molar-refractivity contribution < 1.29 is 4.58 Å². The Morgan fingerprint density at radius 3 is 2.29 bits per heavy atom. The number of fused-ring (bicyclic) bond motifs is 5. The Bertz CT molecular complexity index is 776. The van der Waals surface area contributed by atoms with Crippen molar-refractivity contribution >= 4 is 11.9 Å². The van der Waals surface area contributed by atoms with Crippen molar-refractivity contribution in [1.82, 2.24) is 0 Å². The number of hydrogen-bond donors (Lipinski definition) is 0. The maximum atomic E-state index is 2.62. The van der Waals surface area contributed by atoms with Gasteiger partial charge in [-0.05, 0) is 24.5 Å². The maximum Gasteiger partial charge on any atom is 0.213 e. The molecular formula is C20H20N+. The quantitative estimate of drug-likeness (QED) is 0.603. The second-order valence-electron chi connectivity index (χ2n) is 7.25. The summed E-state index contributed by atoms with van der Waals surface area (Å²) in [4.78, 5) is 0. The fourth-order valence-electron chi connectivity index (χ4n) is 4.77. The predicted octanol–water partition coefficient (Wildman–Crippen LogP) is 4.87. The highest BCUT2D eigenvalue weighted by atomic mass is 15.1. The smallest absolute Gasteiger partial charge is 0.192 e. The SMILES string of the molecule is CC12C=[N+]3c4ccccc4-c4ccccc4C3(CC1)CC2. The zero-order valence-corrected chi connectivity index (χ0v) is 12.5. The molecule has 4 aliphatic rings. The second-order valence-corrected chi connectivity index (χ2v) is 7.25. The van der Waals surface area contributed by atoms with E-state index in [4.69, 9.17) is 0 Å². The van der Waals surface area contributed by atoms with Crippen molar-refractivity contribution in [2.75, 3.05) is 0 Å². The highest BCUT2D eigenvalue weighted by molar-refractivity contribution is 5.81. The van der Waals surface area contributed by atoms with Gasteiger partial charge in [0.05, 0.1) is 5.56 Å². The molecule has 0 aromatic heterocycles. The average Bonchev–Trinajstić information content (AvgIpc) is 2.55. The lowest BCUT2D eigenvalue weighted by Crippen LogP contribution is -2.52. The molecule has 6 rings (SSSR count). The lowest BCUT2D eigenvalue weighted by molar-refractivity contribution is -0.563. The van der Waals surface area contributed by atoms with Crippen LogP contribution in [0.25, 0.3) is 11.1 Å². The Labute approximate surface area is 125 Å². The molecule has 2 aromatic rings. The van der Waals surface area contributed by atoms with E-state index >= 15 is 0 Å². The molecule has 1 saturated carbocycles. The molecular weight excluding hydrogens is 254 g/mol. The lowest BCUT2D eigenvalue weighted by atomic mass is 9.61. The number of para-hydroxylation sites is 1. The Morgan fingerprint density at radius 1 is 0.810 bits per heavy atom. The number of benzene rings is 2. The standard InChI is InChI=1S/C20H20N/c1-19-10-12-20(13-11-19)17-8-4-2-6-15(17)16-7-3-5-9-18(16)21(20)14-19/h2-9,14H,10-13H2,1H3/q+1. The third kappa shape index (κ3) is 1.35. The first kappa shape index (κ1) is 11.7. The van der Waals surface area contributed by atoms with Gasteiger partial charge in [0.25, 0.3) is 0 Å². The molecule has 0 saturated heterocycles. The molecule has 2 bridgehead atoms. The van der Waals surface area contributed by atoms with Gasteiger partial charge in [-0.15, -0.1) is 0 Å². The molecule has 1 heteroatoms. The van der Waals surface area contributed by atoms with Gasteiger partial charge in [0.15, 0.2) is 11.8 Å². The summed E-state index contributed by atoms with van der Waals surface area (Å²) in [6.45, 7) is 2.43. The summed E-state index contributed by atoms with van der Waals surface area (Å²) < 4.78 is 2.62. The van der Waals surface area contributed by atoms with Gasteiger partial charge in [-0.2, -0.15) is 4.58 Å². The highest BCUT2D eigenvalue weighted by Crippen LogP contribution is 2.58. The van der Waals surface area contributed by atoms with Crippen LogP contribution in [0.4, 0.5) is 5.69 Å². The van der Waals surface area contributed by atoms with Crippen LogP contribution in [-0.4, -0.2) is 10.8 Å². The Hall–Kier alpha value is -1.89. The number of hydrogen-bond acceptors (Lipinski definition) is 0. The van der Waals surface area contributed by atoms with E-state index in [9.17, 15) is 0 Å². The molecule has 1 fully saturated rings. The number of rotatable bonds is 0. The first-order valence-corrected chi connectivity index (χ1v) is 8.06. The van der Waals surface area contributed by atoms with Crippen LogP contribution in [0.1, 0.15) is 38.2 Å². The summed E-state index contributed by atoms with van der Waals surface area (Å²) in [7, 11) is 0. The molecule has 1 nitrogen and oxygen atoms in total. The molecule has 3 heterocycles. The molecule has 2 aromatic carbocycles. The molecule has 0 radical (unpaired) electrons.